The molecule has 1 unspecified atom stereocenters. The quantitative estimate of drug-likeness (QED) is 0.213. The number of carbonyl (C=O) groups is 5. The summed E-state index contributed by atoms with van der Waals surface area (Å²) in [6, 6.07) is 6.57. The molecule has 12 nitrogen and oxygen atoms in total. The predicted molar refractivity (Wildman–Crippen MR) is 150 cm³/mol. The summed E-state index contributed by atoms with van der Waals surface area (Å²) in [5.74, 6) is -1.06. The van der Waals surface area contributed by atoms with Gasteiger partial charge in [-0.2, -0.15) is 0 Å². The van der Waals surface area contributed by atoms with Crippen LogP contribution in [0.3, 0.4) is 0 Å². The van der Waals surface area contributed by atoms with E-state index in [0.717, 1.165) is 0 Å². The lowest BCUT2D eigenvalue weighted by molar-refractivity contribution is -0.170. The minimum atomic E-state index is -0.962. The first kappa shape index (κ1) is 33.8. The normalized spacial score (nSPS) is 17.0. The molecule has 0 spiro atoms. The third-order valence-corrected chi connectivity index (χ3v) is 6.78. The molecule has 1 atom stereocenters. The van der Waals surface area contributed by atoms with Crippen LogP contribution >= 0.6 is 12.4 Å². The second-order valence-corrected chi connectivity index (χ2v) is 10.1. The highest BCUT2D eigenvalue weighted by atomic mass is 35.5. The van der Waals surface area contributed by atoms with Crippen molar-refractivity contribution in [1.82, 2.24) is 14.7 Å². The molecule has 2 saturated heterocycles. The standard InChI is InChI=1S/C28H39N3O9.ClH/c1-5-37-26(34)18-38-23-8-6-21(7-9-23)24(32)16-31-15-14-30(17-25(31)33)22-10-12-29(13-11-22)28(36)40-20(4)39-27(35)19(2)3;/h6-9,19-20,22H,5,10-18H2,1-4H3;1H. The highest BCUT2D eigenvalue weighted by molar-refractivity contribution is 5.99. The minimum absolute atomic E-state index is 0. The van der Waals surface area contributed by atoms with Gasteiger partial charge in [-0.25, -0.2) is 9.59 Å². The number of nitrogens with zero attached hydrogens (tertiary/aromatic N) is 3. The van der Waals surface area contributed by atoms with E-state index in [2.05, 4.69) is 4.90 Å². The Balaban J connectivity index is 0.00000588. The monoisotopic (exact) mass is 597 g/mol. The van der Waals surface area contributed by atoms with Gasteiger partial charge in [-0.3, -0.25) is 19.3 Å². The van der Waals surface area contributed by atoms with Crippen LogP contribution in [-0.2, 0) is 28.6 Å². The molecule has 41 heavy (non-hydrogen) atoms. The molecular weight excluding hydrogens is 558 g/mol. The number of halogens is 1. The van der Waals surface area contributed by atoms with Gasteiger partial charge < -0.3 is 28.7 Å². The largest absolute Gasteiger partial charge is 0.482 e. The lowest BCUT2D eigenvalue weighted by Crippen LogP contribution is -2.56. The molecule has 2 aliphatic heterocycles. The molecule has 0 bridgehead atoms. The van der Waals surface area contributed by atoms with Crippen molar-refractivity contribution in [3.8, 4) is 5.75 Å². The van der Waals surface area contributed by atoms with Crippen molar-refractivity contribution in [2.24, 2.45) is 5.92 Å². The van der Waals surface area contributed by atoms with Crippen LogP contribution < -0.4 is 4.74 Å². The predicted octanol–water partition coefficient (Wildman–Crippen LogP) is 2.52. The topological polar surface area (TPSA) is 132 Å². The average molecular weight is 598 g/mol. The fourth-order valence-corrected chi connectivity index (χ4v) is 4.51. The Labute approximate surface area is 246 Å². The molecule has 2 amide bonds. The van der Waals surface area contributed by atoms with Crippen molar-refractivity contribution in [2.75, 3.05) is 52.5 Å². The molecule has 0 radical (unpaired) electrons. The third kappa shape index (κ3) is 10.2. The molecule has 2 aliphatic rings. The van der Waals surface area contributed by atoms with Crippen LogP contribution in [0.15, 0.2) is 24.3 Å². The number of rotatable bonds is 11. The van der Waals surface area contributed by atoms with Crippen LogP contribution in [0.1, 0.15) is 50.9 Å². The number of hydrogen-bond acceptors (Lipinski definition) is 10. The second kappa shape index (κ2) is 16.2. The summed E-state index contributed by atoms with van der Waals surface area (Å²) in [7, 11) is 0. The lowest BCUT2D eigenvalue weighted by atomic mass is 10.0. The van der Waals surface area contributed by atoms with Crippen LogP contribution in [0, 0.1) is 5.92 Å². The molecule has 0 aromatic heterocycles. The number of carbonyl (C=O) groups excluding carboxylic acids is 5. The zero-order valence-electron chi connectivity index (χ0n) is 24.0. The molecule has 2 heterocycles. The van der Waals surface area contributed by atoms with E-state index >= 15 is 0 Å². The first-order chi connectivity index (χ1) is 19.1. The highest BCUT2D eigenvalue weighted by Crippen LogP contribution is 2.20. The van der Waals surface area contributed by atoms with Gasteiger partial charge in [0.2, 0.25) is 12.2 Å². The van der Waals surface area contributed by atoms with Gasteiger partial charge in [0.15, 0.2) is 12.4 Å². The summed E-state index contributed by atoms with van der Waals surface area (Å²) in [5, 5.41) is 0. The van der Waals surface area contributed by atoms with Gasteiger partial charge in [-0.15, -0.1) is 12.4 Å². The SMILES string of the molecule is CCOC(=O)COc1ccc(C(=O)CN2CCN(C3CCN(C(=O)OC(C)OC(=O)C(C)C)CC3)CC2=O)cc1.Cl. The maximum atomic E-state index is 12.8. The van der Waals surface area contributed by atoms with Crippen molar-refractivity contribution >= 4 is 42.1 Å². The van der Waals surface area contributed by atoms with Gasteiger partial charge in [0.25, 0.3) is 0 Å². The van der Waals surface area contributed by atoms with E-state index in [-0.39, 0.29) is 62.4 Å². The first-order valence-electron chi connectivity index (χ1n) is 13.7. The molecule has 0 saturated carbocycles. The van der Waals surface area contributed by atoms with Gasteiger partial charge in [0.05, 0.1) is 25.6 Å². The fourth-order valence-electron chi connectivity index (χ4n) is 4.51. The summed E-state index contributed by atoms with van der Waals surface area (Å²) in [6.07, 6.45) is -0.116. The molecule has 1 aromatic carbocycles. The van der Waals surface area contributed by atoms with E-state index in [1.54, 1.807) is 54.8 Å². The van der Waals surface area contributed by atoms with Crippen LogP contribution in [0.5, 0.6) is 5.75 Å². The number of piperidine rings is 1. The van der Waals surface area contributed by atoms with Gasteiger partial charge in [0.1, 0.15) is 5.75 Å². The Morgan fingerprint density at radius 2 is 1.61 bits per heavy atom. The van der Waals surface area contributed by atoms with Gasteiger partial charge in [-0.1, -0.05) is 13.8 Å². The van der Waals surface area contributed by atoms with Crippen molar-refractivity contribution in [3.63, 3.8) is 0 Å². The van der Waals surface area contributed by atoms with Crippen LogP contribution in [0.25, 0.3) is 0 Å². The maximum absolute atomic E-state index is 12.8. The number of Topliss-reactive ketones (excluding diaryl/α,β-unsaturated/α-hetero) is 1. The van der Waals surface area contributed by atoms with Crippen LogP contribution in [0.4, 0.5) is 4.79 Å². The number of amides is 2. The number of benzene rings is 1. The summed E-state index contributed by atoms with van der Waals surface area (Å²) in [4.78, 5) is 66.4. The number of esters is 2. The van der Waals surface area contributed by atoms with E-state index < -0.39 is 24.3 Å². The Kier molecular flexibility index (Phi) is 13.3. The molecule has 228 valence electrons. The summed E-state index contributed by atoms with van der Waals surface area (Å²) >= 11 is 0. The Morgan fingerprint density at radius 3 is 2.20 bits per heavy atom. The summed E-state index contributed by atoms with van der Waals surface area (Å²) < 4.78 is 20.5. The lowest BCUT2D eigenvalue weighted by Gasteiger charge is -2.42. The number of ketones is 1. The van der Waals surface area contributed by atoms with E-state index in [1.807, 2.05) is 0 Å². The smallest absolute Gasteiger partial charge is 0.412 e. The van der Waals surface area contributed by atoms with Crippen LogP contribution in [-0.4, -0.2) is 109 Å². The average Bonchev–Trinajstić information content (AvgIpc) is 2.93. The van der Waals surface area contributed by atoms with E-state index in [0.29, 0.717) is 50.3 Å². The minimum Gasteiger partial charge on any atom is -0.482 e. The third-order valence-electron chi connectivity index (χ3n) is 6.78. The molecule has 0 aliphatic carbocycles. The zero-order chi connectivity index (χ0) is 29.2. The summed E-state index contributed by atoms with van der Waals surface area (Å²) in [6.45, 7) is 8.92. The highest BCUT2D eigenvalue weighted by Gasteiger charge is 2.33. The fraction of sp³-hybridized carbons (Fsp3) is 0.607. The van der Waals surface area contributed by atoms with Crippen molar-refractivity contribution < 1.29 is 42.9 Å². The van der Waals surface area contributed by atoms with Crippen LogP contribution in [0.2, 0.25) is 0 Å². The Bertz CT molecular complexity index is 1060. The van der Waals surface area contributed by atoms with E-state index in [9.17, 15) is 24.0 Å². The number of likely N-dealkylation sites (tertiary alicyclic amines) is 1. The zero-order valence-corrected chi connectivity index (χ0v) is 24.9. The van der Waals surface area contributed by atoms with Gasteiger partial charge >= 0.3 is 18.0 Å². The first-order valence-corrected chi connectivity index (χ1v) is 13.7. The molecule has 1 aromatic rings. The van der Waals surface area contributed by atoms with E-state index in [4.69, 9.17) is 18.9 Å². The number of piperazine rings is 1. The summed E-state index contributed by atoms with van der Waals surface area (Å²) in [5.41, 5.74) is 0.450. The molecule has 0 N–H and O–H groups in total. The molecule has 13 heteroatoms. The maximum Gasteiger partial charge on any atom is 0.412 e. The van der Waals surface area contributed by atoms with Gasteiger partial charge in [0, 0.05) is 44.7 Å². The Hall–Kier alpha value is -3.38. The van der Waals surface area contributed by atoms with E-state index in [1.165, 1.54) is 6.92 Å². The molecule has 2 fully saturated rings. The second-order valence-electron chi connectivity index (χ2n) is 10.1. The number of hydrogen-bond donors (Lipinski definition) is 0. The molecule has 3 rings (SSSR count). The van der Waals surface area contributed by atoms with Crippen molar-refractivity contribution in [2.45, 2.75) is 52.9 Å². The number of ether oxygens (including phenoxy) is 4. The Morgan fingerprint density at radius 1 is 0.951 bits per heavy atom. The molecular formula is C28H40ClN3O9. The van der Waals surface area contributed by atoms with Crippen molar-refractivity contribution in [1.29, 1.82) is 0 Å². The van der Waals surface area contributed by atoms with Crippen molar-refractivity contribution in [3.05, 3.63) is 29.8 Å². The van der Waals surface area contributed by atoms with Gasteiger partial charge in [-0.05, 0) is 44.0 Å².